The number of para-hydroxylation sites is 1. The molecule has 2 aromatic carbocycles. The minimum absolute atomic E-state index is 0.0361. The first-order valence-corrected chi connectivity index (χ1v) is 10.3. The fraction of sp³-hybridized carbons (Fsp3) is 0.136. The molecule has 8 nitrogen and oxygen atoms in total. The number of azo groups is 1. The molecule has 0 unspecified atom stereocenters. The zero-order valence-corrected chi connectivity index (χ0v) is 17.4. The summed E-state index contributed by atoms with van der Waals surface area (Å²) in [4.78, 5) is 27.5. The zero-order valence-electron chi connectivity index (χ0n) is 16.6. The van der Waals surface area contributed by atoms with Crippen molar-refractivity contribution in [2.75, 3.05) is 6.61 Å². The van der Waals surface area contributed by atoms with E-state index in [1.807, 2.05) is 54.6 Å². The molecule has 1 aliphatic rings. The second kappa shape index (κ2) is 8.97. The first-order valence-electron chi connectivity index (χ1n) is 9.52. The summed E-state index contributed by atoms with van der Waals surface area (Å²) in [5.74, 6) is -1.23. The Morgan fingerprint density at radius 3 is 2.68 bits per heavy atom. The number of thioether (sulfide) groups is 1. The third-order valence-electron chi connectivity index (χ3n) is 4.48. The molecule has 3 aromatic rings. The minimum Gasteiger partial charge on any atom is -0.493 e. The normalized spacial score (nSPS) is 15.2. The fourth-order valence-corrected chi connectivity index (χ4v) is 3.82. The summed E-state index contributed by atoms with van der Waals surface area (Å²) in [6.07, 6.45) is 1.09. The molecule has 0 aliphatic carbocycles. The van der Waals surface area contributed by atoms with Gasteiger partial charge in [-0.15, -0.1) is 10.2 Å². The van der Waals surface area contributed by atoms with Gasteiger partial charge in [0.25, 0.3) is 5.91 Å². The molecule has 31 heavy (non-hydrogen) atoms. The van der Waals surface area contributed by atoms with Gasteiger partial charge in [0.15, 0.2) is 5.69 Å². The van der Waals surface area contributed by atoms with Gasteiger partial charge in [0.1, 0.15) is 0 Å². The van der Waals surface area contributed by atoms with Gasteiger partial charge in [0.2, 0.25) is 11.0 Å². The molecule has 0 saturated carbocycles. The van der Waals surface area contributed by atoms with Gasteiger partial charge in [-0.3, -0.25) is 4.79 Å². The second-order valence-electron chi connectivity index (χ2n) is 6.52. The van der Waals surface area contributed by atoms with Gasteiger partial charge in [-0.25, -0.2) is 4.79 Å². The van der Waals surface area contributed by atoms with Crippen LogP contribution in [0.1, 0.15) is 12.5 Å². The lowest BCUT2D eigenvalue weighted by Crippen LogP contribution is -2.02. The number of nitrogens with zero attached hydrogens (tertiary/aromatic N) is 4. The highest BCUT2D eigenvalue weighted by molar-refractivity contribution is 8.18. The Morgan fingerprint density at radius 1 is 1.16 bits per heavy atom. The van der Waals surface area contributed by atoms with E-state index in [9.17, 15) is 14.7 Å². The lowest BCUT2D eigenvalue weighted by Gasteiger charge is -2.06. The third kappa shape index (κ3) is 4.41. The predicted octanol–water partition coefficient (Wildman–Crippen LogP) is 4.56. The molecule has 0 spiro atoms. The maximum absolute atomic E-state index is 12.0. The summed E-state index contributed by atoms with van der Waals surface area (Å²) in [6, 6.07) is 17.2. The van der Waals surface area contributed by atoms with Gasteiger partial charge >= 0.3 is 5.97 Å². The van der Waals surface area contributed by atoms with Crippen molar-refractivity contribution in [1.29, 1.82) is 0 Å². The molecular weight excluding hydrogens is 416 g/mol. The van der Waals surface area contributed by atoms with E-state index in [0.717, 1.165) is 34.3 Å². The number of aromatic hydroxyl groups is 1. The largest absolute Gasteiger partial charge is 0.493 e. The minimum atomic E-state index is -0.617. The number of amides is 1. The number of carbonyl (C=O) groups is 2. The average molecular weight is 434 g/mol. The van der Waals surface area contributed by atoms with E-state index in [1.165, 1.54) is 0 Å². The number of esters is 1. The van der Waals surface area contributed by atoms with Crippen LogP contribution in [-0.2, 0) is 20.9 Å². The van der Waals surface area contributed by atoms with Crippen LogP contribution >= 0.6 is 11.8 Å². The number of fused-ring (bicyclic) bond motifs is 1. The van der Waals surface area contributed by atoms with Gasteiger partial charge in [-0.1, -0.05) is 48.5 Å². The summed E-state index contributed by atoms with van der Waals surface area (Å²) < 4.78 is 6.56. The van der Waals surface area contributed by atoms with Crippen LogP contribution in [0.3, 0.4) is 0 Å². The van der Waals surface area contributed by atoms with Crippen LogP contribution in [0.15, 0.2) is 80.8 Å². The smallest absolute Gasteiger partial charge is 0.332 e. The van der Waals surface area contributed by atoms with Crippen molar-refractivity contribution in [3.8, 4) is 5.88 Å². The first kappa shape index (κ1) is 20.5. The molecule has 4 rings (SSSR count). The molecule has 0 fully saturated rings. The Hall–Kier alpha value is -3.72. The van der Waals surface area contributed by atoms with E-state index in [2.05, 4.69) is 15.2 Å². The highest BCUT2D eigenvalue weighted by atomic mass is 32.2. The quantitative estimate of drug-likeness (QED) is 0.360. The number of hydrogen-bond donors (Lipinski definition) is 1. The fourth-order valence-electron chi connectivity index (χ4n) is 3.12. The van der Waals surface area contributed by atoms with E-state index in [4.69, 9.17) is 4.74 Å². The summed E-state index contributed by atoms with van der Waals surface area (Å²) in [5, 5.41) is 19.9. The predicted molar refractivity (Wildman–Crippen MR) is 118 cm³/mol. The summed E-state index contributed by atoms with van der Waals surface area (Å²) in [6.45, 7) is 2.35. The van der Waals surface area contributed by atoms with Gasteiger partial charge in [-0.05, 0) is 30.3 Å². The molecular formula is C22H18N4O4S. The molecule has 1 aliphatic heterocycles. The lowest BCUT2D eigenvalue weighted by molar-refractivity contribution is -0.137. The van der Waals surface area contributed by atoms with Crippen LogP contribution in [0.4, 0.5) is 5.69 Å². The maximum Gasteiger partial charge on any atom is 0.332 e. The van der Waals surface area contributed by atoms with Crippen molar-refractivity contribution in [3.63, 3.8) is 0 Å². The first-order chi connectivity index (χ1) is 15.1. The van der Waals surface area contributed by atoms with E-state index in [-0.39, 0.29) is 28.2 Å². The van der Waals surface area contributed by atoms with Crippen molar-refractivity contribution in [2.45, 2.75) is 13.5 Å². The molecule has 9 heteroatoms. The number of ether oxygens (including phenoxy) is 1. The van der Waals surface area contributed by atoms with Gasteiger partial charge in [0.05, 0.1) is 23.6 Å². The van der Waals surface area contributed by atoms with Gasteiger partial charge < -0.3 is 14.4 Å². The van der Waals surface area contributed by atoms with E-state index in [0.29, 0.717) is 6.54 Å². The molecule has 0 atom stereocenters. The Morgan fingerprint density at radius 2 is 1.90 bits per heavy atom. The van der Waals surface area contributed by atoms with Crippen molar-refractivity contribution in [2.24, 2.45) is 15.2 Å². The third-order valence-corrected chi connectivity index (χ3v) is 5.35. The Bertz CT molecular complexity index is 1250. The maximum atomic E-state index is 12.0. The van der Waals surface area contributed by atoms with Crippen LogP contribution in [0.5, 0.6) is 5.88 Å². The van der Waals surface area contributed by atoms with E-state index < -0.39 is 11.9 Å². The molecule has 0 bridgehead atoms. The van der Waals surface area contributed by atoms with Crippen molar-refractivity contribution in [3.05, 3.63) is 71.1 Å². The monoisotopic (exact) mass is 434 g/mol. The molecule has 0 saturated heterocycles. The van der Waals surface area contributed by atoms with Crippen LogP contribution in [0, 0.1) is 0 Å². The topological polar surface area (TPSA) is 106 Å². The highest BCUT2D eigenvalue weighted by Crippen LogP contribution is 2.40. The molecule has 1 aromatic heterocycles. The lowest BCUT2D eigenvalue weighted by atomic mass is 10.2. The summed E-state index contributed by atoms with van der Waals surface area (Å²) >= 11 is 0.925. The van der Waals surface area contributed by atoms with Crippen LogP contribution in [0.25, 0.3) is 10.9 Å². The Balaban J connectivity index is 1.63. The standard InChI is InChI=1S/C22H18N4O4S/c1-2-30-18(27)12-17-20(28)23-22(31-17)25-24-19-15-10-6-7-11-16(15)26(21(19)29)13-14-8-4-3-5-9-14/h3-12,29H,2,13H2,1H3/b17-12+,25-24?. The van der Waals surface area contributed by atoms with Crippen LogP contribution in [-0.4, -0.2) is 33.3 Å². The number of carbonyl (C=O) groups excluding carboxylic acids is 2. The molecule has 156 valence electrons. The van der Waals surface area contributed by atoms with E-state index in [1.54, 1.807) is 11.5 Å². The van der Waals surface area contributed by atoms with Crippen LogP contribution in [0.2, 0.25) is 0 Å². The van der Waals surface area contributed by atoms with E-state index >= 15 is 0 Å². The Kier molecular flexibility index (Phi) is 5.94. The number of hydrogen-bond acceptors (Lipinski definition) is 7. The zero-order chi connectivity index (χ0) is 21.8. The van der Waals surface area contributed by atoms with Gasteiger partial charge in [0, 0.05) is 11.5 Å². The van der Waals surface area contributed by atoms with Crippen molar-refractivity contribution in [1.82, 2.24) is 4.57 Å². The Labute approximate surface area is 182 Å². The van der Waals surface area contributed by atoms with Crippen molar-refractivity contribution < 1.29 is 19.4 Å². The van der Waals surface area contributed by atoms with Crippen LogP contribution < -0.4 is 0 Å². The molecule has 1 amide bonds. The molecule has 2 heterocycles. The second-order valence-corrected chi connectivity index (χ2v) is 7.53. The van der Waals surface area contributed by atoms with Gasteiger partial charge in [-0.2, -0.15) is 4.99 Å². The summed E-state index contributed by atoms with van der Waals surface area (Å²) in [5.41, 5.74) is 2.11. The highest BCUT2D eigenvalue weighted by Gasteiger charge is 2.24. The summed E-state index contributed by atoms with van der Waals surface area (Å²) in [7, 11) is 0. The van der Waals surface area contributed by atoms with Crippen molar-refractivity contribution >= 4 is 45.4 Å². The number of benzene rings is 2. The number of amidine groups is 1. The number of rotatable bonds is 5. The SMILES string of the molecule is CCOC(=O)/C=C1/SC(N=Nc2c(O)n(Cc3ccccc3)c3ccccc23)=NC1=O. The molecule has 1 N–H and O–H groups in total. The number of aliphatic imine (C=N–C) groups is 1. The average Bonchev–Trinajstić information content (AvgIpc) is 3.24. The molecule has 0 radical (unpaired) electrons. The number of aromatic nitrogens is 1.